The number of hydrogen-bond donors (Lipinski definition) is 4. The molecule has 6 N–H and O–H groups in total. The van der Waals surface area contributed by atoms with Gasteiger partial charge in [0.05, 0.1) is 21.6 Å². The first-order chi connectivity index (χ1) is 11.4. The summed E-state index contributed by atoms with van der Waals surface area (Å²) < 4.78 is 0. The minimum Gasteiger partial charge on any atom is -0.318 e. The highest BCUT2D eigenvalue weighted by Crippen LogP contribution is 2.38. The van der Waals surface area contributed by atoms with Crippen molar-refractivity contribution >= 4 is 23.0 Å². The van der Waals surface area contributed by atoms with Crippen LogP contribution in [0.1, 0.15) is 10.4 Å². The molecule has 0 aliphatic heterocycles. The topological polar surface area (TPSA) is 192 Å². The van der Waals surface area contributed by atoms with Gasteiger partial charge in [0.2, 0.25) is 0 Å². The van der Waals surface area contributed by atoms with E-state index in [0.717, 1.165) is 12.1 Å². The number of aromatic nitrogens is 1. The molecule has 2 rings (SSSR count). The largest absolute Gasteiger partial charge is 0.318 e. The monoisotopic (exact) mass is 333 g/mol. The van der Waals surface area contributed by atoms with Gasteiger partial charge in [-0.1, -0.05) is 0 Å². The Balaban J connectivity index is 2.75. The van der Waals surface area contributed by atoms with Crippen LogP contribution in [-0.4, -0.2) is 20.7 Å². The number of carbonyl (C=O) groups is 1. The van der Waals surface area contributed by atoms with E-state index in [0.29, 0.717) is 0 Å². The van der Waals surface area contributed by atoms with Crippen molar-refractivity contribution in [2.45, 2.75) is 0 Å². The molecular formula is C12H11N7O5. The number of hydrazine groups is 2. The standard InChI is InChI=1S/C12H11N7O5/c13-16-11-8(4-7(18(21)22)5-10(11)19(23)24)9-3-6(1-2-15-9)12(20)17-14/h1-5,16H,13-14H2,(H,17,20). The van der Waals surface area contributed by atoms with Crippen molar-refractivity contribution in [2.75, 3.05) is 5.43 Å². The molecule has 1 aromatic heterocycles. The Hall–Kier alpha value is -3.64. The van der Waals surface area contributed by atoms with Gasteiger partial charge in [-0.2, -0.15) is 0 Å². The average Bonchev–Trinajstić information content (AvgIpc) is 2.59. The van der Waals surface area contributed by atoms with E-state index in [1.807, 2.05) is 5.43 Å². The Morgan fingerprint density at radius 2 is 1.83 bits per heavy atom. The van der Waals surface area contributed by atoms with E-state index >= 15 is 0 Å². The van der Waals surface area contributed by atoms with E-state index in [-0.39, 0.29) is 22.5 Å². The van der Waals surface area contributed by atoms with Crippen LogP contribution in [0.5, 0.6) is 0 Å². The van der Waals surface area contributed by atoms with Crippen LogP contribution in [0.25, 0.3) is 11.3 Å². The van der Waals surface area contributed by atoms with Gasteiger partial charge in [-0.05, 0) is 12.1 Å². The zero-order valence-corrected chi connectivity index (χ0v) is 11.9. The highest BCUT2D eigenvalue weighted by molar-refractivity contribution is 5.95. The van der Waals surface area contributed by atoms with Crippen LogP contribution in [0.4, 0.5) is 17.1 Å². The van der Waals surface area contributed by atoms with E-state index in [2.05, 4.69) is 10.4 Å². The van der Waals surface area contributed by atoms with E-state index in [1.165, 1.54) is 18.3 Å². The van der Waals surface area contributed by atoms with Crippen molar-refractivity contribution in [1.29, 1.82) is 0 Å². The maximum atomic E-state index is 11.6. The number of nitro groups is 2. The zero-order valence-electron chi connectivity index (χ0n) is 11.9. The van der Waals surface area contributed by atoms with E-state index < -0.39 is 27.1 Å². The lowest BCUT2D eigenvalue weighted by atomic mass is 10.0. The van der Waals surface area contributed by atoms with Crippen LogP contribution < -0.4 is 22.5 Å². The molecule has 1 aromatic carbocycles. The maximum Gasteiger partial charge on any atom is 0.301 e. The number of nitro benzene ring substituents is 2. The number of pyridine rings is 1. The molecule has 0 fully saturated rings. The summed E-state index contributed by atoms with van der Waals surface area (Å²) in [6.45, 7) is 0. The van der Waals surface area contributed by atoms with Gasteiger partial charge in [-0.25, -0.2) is 5.84 Å². The van der Waals surface area contributed by atoms with Gasteiger partial charge in [0, 0.05) is 23.4 Å². The molecule has 0 saturated heterocycles. The summed E-state index contributed by atoms with van der Waals surface area (Å²) in [5.41, 5.74) is 2.94. The predicted octanol–water partition coefficient (Wildman–Crippen LogP) is 0.454. The van der Waals surface area contributed by atoms with Crippen LogP contribution in [-0.2, 0) is 0 Å². The van der Waals surface area contributed by atoms with Crippen LogP contribution in [0.3, 0.4) is 0 Å². The SMILES string of the molecule is NNC(=O)c1ccnc(-c2cc([N+](=O)[O-])cc([N+](=O)[O-])c2NN)c1. The molecule has 2 aromatic rings. The summed E-state index contributed by atoms with van der Waals surface area (Å²) in [5.74, 6) is 9.75. The minimum absolute atomic E-state index is 0.00919. The summed E-state index contributed by atoms with van der Waals surface area (Å²) in [6, 6.07) is 4.46. The second-order valence-corrected chi connectivity index (χ2v) is 4.45. The molecule has 0 aliphatic carbocycles. The highest BCUT2D eigenvalue weighted by atomic mass is 16.6. The second-order valence-electron chi connectivity index (χ2n) is 4.45. The normalized spacial score (nSPS) is 10.1. The zero-order chi connectivity index (χ0) is 17.9. The van der Waals surface area contributed by atoms with Gasteiger partial charge < -0.3 is 5.43 Å². The number of benzene rings is 1. The number of amides is 1. The van der Waals surface area contributed by atoms with Gasteiger partial charge >= 0.3 is 5.69 Å². The molecule has 24 heavy (non-hydrogen) atoms. The van der Waals surface area contributed by atoms with E-state index in [4.69, 9.17) is 11.7 Å². The lowest BCUT2D eigenvalue weighted by molar-refractivity contribution is -0.393. The van der Waals surface area contributed by atoms with Gasteiger partial charge in [0.15, 0.2) is 0 Å². The molecule has 0 atom stereocenters. The van der Waals surface area contributed by atoms with Gasteiger partial charge in [0.1, 0.15) is 5.69 Å². The number of anilines is 1. The van der Waals surface area contributed by atoms with Crippen LogP contribution in [0.15, 0.2) is 30.5 Å². The molecule has 0 radical (unpaired) electrons. The third-order valence-electron chi connectivity index (χ3n) is 3.08. The fourth-order valence-electron chi connectivity index (χ4n) is 2.02. The molecule has 1 amide bonds. The first-order valence-electron chi connectivity index (χ1n) is 6.29. The molecule has 124 valence electrons. The minimum atomic E-state index is -0.817. The Labute approximate surface area is 133 Å². The first-order valence-corrected chi connectivity index (χ1v) is 6.29. The Bertz CT molecular complexity index is 839. The van der Waals surface area contributed by atoms with Crippen molar-refractivity contribution in [3.8, 4) is 11.3 Å². The summed E-state index contributed by atoms with van der Waals surface area (Å²) in [5, 5.41) is 22.2. The molecule has 12 nitrogen and oxygen atoms in total. The number of carbonyl (C=O) groups excluding carboxylic acids is 1. The van der Waals surface area contributed by atoms with Crippen LogP contribution in [0, 0.1) is 20.2 Å². The van der Waals surface area contributed by atoms with Crippen LogP contribution in [0.2, 0.25) is 0 Å². The number of rotatable bonds is 5. The predicted molar refractivity (Wildman–Crippen MR) is 82.4 cm³/mol. The Morgan fingerprint density at radius 1 is 1.12 bits per heavy atom. The molecule has 0 spiro atoms. The smallest absolute Gasteiger partial charge is 0.301 e. The lowest BCUT2D eigenvalue weighted by Gasteiger charge is -2.10. The number of nitrogens with one attached hydrogen (secondary N) is 2. The number of nitrogens with two attached hydrogens (primary N) is 2. The summed E-state index contributed by atoms with van der Waals surface area (Å²) in [4.78, 5) is 36.1. The van der Waals surface area contributed by atoms with Gasteiger partial charge in [0.25, 0.3) is 11.6 Å². The molecule has 1 heterocycles. The molecular weight excluding hydrogens is 322 g/mol. The summed E-state index contributed by atoms with van der Waals surface area (Å²) in [7, 11) is 0. The van der Waals surface area contributed by atoms with Crippen molar-refractivity contribution in [1.82, 2.24) is 10.4 Å². The van der Waals surface area contributed by atoms with Gasteiger partial charge in [-0.15, -0.1) is 0 Å². The second kappa shape index (κ2) is 6.64. The van der Waals surface area contributed by atoms with Crippen LogP contribution >= 0.6 is 0 Å². The third kappa shape index (κ3) is 3.08. The lowest BCUT2D eigenvalue weighted by Crippen LogP contribution is -2.30. The summed E-state index contributed by atoms with van der Waals surface area (Å²) in [6.07, 6.45) is 1.25. The average molecular weight is 333 g/mol. The summed E-state index contributed by atoms with van der Waals surface area (Å²) >= 11 is 0. The molecule has 12 heteroatoms. The molecule has 0 bridgehead atoms. The highest BCUT2D eigenvalue weighted by Gasteiger charge is 2.25. The van der Waals surface area contributed by atoms with E-state index in [9.17, 15) is 25.0 Å². The van der Waals surface area contributed by atoms with Crippen molar-refractivity contribution in [2.24, 2.45) is 11.7 Å². The third-order valence-corrected chi connectivity index (χ3v) is 3.08. The number of non-ortho nitro benzene ring substituents is 1. The molecule has 0 aliphatic rings. The Kier molecular flexibility index (Phi) is 4.62. The van der Waals surface area contributed by atoms with Crippen molar-refractivity contribution in [3.63, 3.8) is 0 Å². The number of nitrogen functional groups attached to an aromatic ring is 2. The number of hydrogen-bond acceptors (Lipinski definition) is 9. The fourth-order valence-corrected chi connectivity index (χ4v) is 2.02. The van der Waals surface area contributed by atoms with Crippen molar-refractivity contribution in [3.05, 3.63) is 56.3 Å². The fraction of sp³-hybridized carbons (Fsp3) is 0. The van der Waals surface area contributed by atoms with Gasteiger partial charge in [-0.3, -0.25) is 41.3 Å². The van der Waals surface area contributed by atoms with E-state index in [1.54, 1.807) is 0 Å². The number of nitrogens with zero attached hydrogens (tertiary/aromatic N) is 3. The quantitative estimate of drug-likeness (QED) is 0.260. The molecule has 0 unspecified atom stereocenters. The maximum absolute atomic E-state index is 11.6. The first kappa shape index (κ1) is 16.7. The Morgan fingerprint density at radius 3 is 2.38 bits per heavy atom. The van der Waals surface area contributed by atoms with Crippen molar-refractivity contribution < 1.29 is 14.6 Å². The molecule has 0 saturated carbocycles.